The van der Waals surface area contributed by atoms with Crippen molar-refractivity contribution >= 4 is 40.6 Å². The number of amides is 3. The molecule has 42 heavy (non-hydrogen) atoms. The maximum atomic E-state index is 14.5. The molecule has 5 rings (SSSR count). The zero-order chi connectivity index (χ0) is 29.8. The van der Waals surface area contributed by atoms with Crippen LogP contribution < -0.4 is 21.3 Å². The van der Waals surface area contributed by atoms with Crippen LogP contribution in [0.3, 0.4) is 0 Å². The molecular weight excluding hydrogens is 553 g/mol. The van der Waals surface area contributed by atoms with Crippen LogP contribution in [0.25, 0.3) is 0 Å². The van der Waals surface area contributed by atoms with Crippen LogP contribution in [-0.4, -0.2) is 34.2 Å². The second-order valence-corrected chi connectivity index (χ2v) is 12.2. The molecule has 3 aromatic rings. The van der Waals surface area contributed by atoms with Gasteiger partial charge in [0.1, 0.15) is 16.7 Å². The summed E-state index contributed by atoms with van der Waals surface area (Å²) in [5.41, 5.74) is 9.18. The Morgan fingerprint density at radius 1 is 0.929 bits per heavy atom. The average molecular weight is 592 g/mol. The van der Waals surface area contributed by atoms with Crippen molar-refractivity contribution in [3.8, 4) is 0 Å². The number of nitrogens with zero attached hydrogens (tertiary/aromatic N) is 2. The van der Waals surface area contributed by atoms with E-state index in [9.17, 15) is 18.8 Å². The van der Waals surface area contributed by atoms with Crippen LogP contribution in [0.15, 0.2) is 42.5 Å². The van der Waals surface area contributed by atoms with Gasteiger partial charge in [-0.15, -0.1) is 0 Å². The summed E-state index contributed by atoms with van der Waals surface area (Å²) in [4.78, 5) is 43.2. The smallest absolute Gasteiger partial charge is 0.273 e. The van der Waals surface area contributed by atoms with Gasteiger partial charge in [0, 0.05) is 17.8 Å². The van der Waals surface area contributed by atoms with Gasteiger partial charge in [-0.2, -0.15) is 4.37 Å². The highest BCUT2D eigenvalue weighted by Crippen LogP contribution is 2.36. The second kappa shape index (κ2) is 13.0. The number of nitrogens with two attached hydrogens (primary N) is 1. The molecule has 3 amide bonds. The first-order chi connectivity index (χ1) is 20.2. The molecule has 2 aromatic carbocycles. The third-order valence-electron chi connectivity index (χ3n) is 8.53. The van der Waals surface area contributed by atoms with E-state index in [1.807, 2.05) is 26.0 Å². The minimum atomic E-state index is -1.11. The molecule has 0 spiro atoms. The SMILES string of the molecule is Cc1cccc(N(C(=O)c2snc(C(=O)NC3CCCCC3)c2N)[C@@H](C(=O)NC2CCCC2)c2ccc(F)cc2)c1C. The van der Waals surface area contributed by atoms with Crippen molar-refractivity contribution in [2.24, 2.45) is 0 Å². The average Bonchev–Trinajstić information content (AvgIpc) is 3.64. The first-order valence-electron chi connectivity index (χ1n) is 14.8. The molecule has 222 valence electrons. The number of aryl methyl sites for hydroxylation is 1. The van der Waals surface area contributed by atoms with Crippen molar-refractivity contribution in [1.82, 2.24) is 15.0 Å². The summed E-state index contributed by atoms with van der Waals surface area (Å²) in [7, 11) is 0. The van der Waals surface area contributed by atoms with Crippen molar-refractivity contribution in [2.75, 3.05) is 10.6 Å². The fraction of sp³-hybridized carbons (Fsp3) is 0.438. The summed E-state index contributed by atoms with van der Waals surface area (Å²) in [6, 6.07) is 10.1. The van der Waals surface area contributed by atoms with Gasteiger partial charge in [0.2, 0.25) is 5.91 Å². The van der Waals surface area contributed by atoms with Gasteiger partial charge >= 0.3 is 0 Å². The van der Waals surface area contributed by atoms with E-state index in [1.54, 1.807) is 6.07 Å². The van der Waals surface area contributed by atoms with Gasteiger partial charge in [-0.1, -0.05) is 56.4 Å². The fourth-order valence-electron chi connectivity index (χ4n) is 6.00. The fourth-order valence-corrected chi connectivity index (χ4v) is 6.74. The number of halogens is 1. The van der Waals surface area contributed by atoms with E-state index in [0.717, 1.165) is 80.4 Å². The number of anilines is 2. The van der Waals surface area contributed by atoms with Gasteiger partial charge in [0.25, 0.3) is 11.8 Å². The topological polar surface area (TPSA) is 117 Å². The largest absolute Gasteiger partial charge is 0.395 e. The summed E-state index contributed by atoms with van der Waals surface area (Å²) >= 11 is 0.849. The third kappa shape index (κ3) is 6.33. The lowest BCUT2D eigenvalue weighted by Crippen LogP contribution is -2.46. The molecule has 0 bridgehead atoms. The first kappa shape index (κ1) is 29.7. The molecule has 8 nitrogen and oxygen atoms in total. The zero-order valence-corrected chi connectivity index (χ0v) is 24.9. The number of aromatic nitrogens is 1. The normalized spacial score (nSPS) is 16.6. The predicted octanol–water partition coefficient (Wildman–Crippen LogP) is 5.99. The van der Waals surface area contributed by atoms with E-state index in [-0.39, 0.29) is 34.2 Å². The number of rotatable bonds is 8. The molecule has 1 aromatic heterocycles. The third-order valence-corrected chi connectivity index (χ3v) is 9.38. The summed E-state index contributed by atoms with van der Waals surface area (Å²) in [5.74, 6) is -1.76. The molecule has 2 aliphatic carbocycles. The standard InChI is InChI=1S/C32H38FN5O3S/c1-19-9-8-14-25(20(19)2)38(28(21-15-17-22(33)18-16-21)31(40)36-24-12-6-7-13-24)32(41)29-26(34)27(37-42-29)30(39)35-23-10-4-3-5-11-23/h8-9,14-18,23-24,28H,3-7,10-13,34H2,1-2H3,(H,35,39)(H,36,40)/t28-/m1/s1. The van der Waals surface area contributed by atoms with E-state index < -0.39 is 23.7 Å². The molecule has 2 fully saturated rings. The maximum absolute atomic E-state index is 14.5. The molecule has 0 saturated heterocycles. The Morgan fingerprint density at radius 2 is 1.55 bits per heavy atom. The Labute approximate surface area is 250 Å². The van der Waals surface area contributed by atoms with Crippen molar-refractivity contribution in [1.29, 1.82) is 0 Å². The van der Waals surface area contributed by atoms with Crippen LogP contribution in [0.4, 0.5) is 15.8 Å². The first-order valence-corrected chi connectivity index (χ1v) is 15.5. The van der Waals surface area contributed by atoms with E-state index in [2.05, 4.69) is 15.0 Å². The van der Waals surface area contributed by atoms with Gasteiger partial charge in [-0.05, 0) is 86.0 Å². The van der Waals surface area contributed by atoms with Crippen LogP contribution in [0.1, 0.15) is 101 Å². The van der Waals surface area contributed by atoms with Crippen LogP contribution in [0.5, 0.6) is 0 Å². The summed E-state index contributed by atoms with van der Waals surface area (Å²) in [5, 5.41) is 6.15. The van der Waals surface area contributed by atoms with E-state index >= 15 is 0 Å². The van der Waals surface area contributed by atoms with Gasteiger partial charge in [-0.25, -0.2) is 4.39 Å². The summed E-state index contributed by atoms with van der Waals surface area (Å²) < 4.78 is 18.3. The van der Waals surface area contributed by atoms with Gasteiger partial charge in [-0.3, -0.25) is 19.3 Å². The van der Waals surface area contributed by atoms with Crippen molar-refractivity contribution in [3.05, 3.63) is 75.5 Å². The quantitative estimate of drug-likeness (QED) is 0.298. The highest BCUT2D eigenvalue weighted by molar-refractivity contribution is 7.09. The van der Waals surface area contributed by atoms with Crippen molar-refractivity contribution < 1.29 is 18.8 Å². The zero-order valence-electron chi connectivity index (χ0n) is 24.1. The highest BCUT2D eigenvalue weighted by Gasteiger charge is 2.38. The summed E-state index contributed by atoms with van der Waals surface area (Å²) in [6.07, 6.45) is 8.83. The molecule has 10 heteroatoms. The van der Waals surface area contributed by atoms with Crippen molar-refractivity contribution in [2.45, 2.75) is 89.8 Å². The molecule has 0 radical (unpaired) electrons. The molecule has 0 aliphatic heterocycles. The van der Waals surface area contributed by atoms with Crippen LogP contribution in [0.2, 0.25) is 0 Å². The monoisotopic (exact) mass is 591 g/mol. The maximum Gasteiger partial charge on any atom is 0.273 e. The Balaban J connectivity index is 1.56. The number of carbonyl (C=O) groups excluding carboxylic acids is 3. The number of nitrogens with one attached hydrogen (secondary N) is 2. The van der Waals surface area contributed by atoms with Crippen LogP contribution >= 0.6 is 11.5 Å². The van der Waals surface area contributed by atoms with Crippen LogP contribution in [0, 0.1) is 19.7 Å². The number of hydrogen-bond acceptors (Lipinski definition) is 6. The molecular formula is C32H38FN5O3S. The predicted molar refractivity (Wildman–Crippen MR) is 163 cm³/mol. The van der Waals surface area contributed by atoms with E-state index in [0.29, 0.717) is 11.3 Å². The molecule has 2 aliphatic rings. The van der Waals surface area contributed by atoms with Crippen molar-refractivity contribution in [3.63, 3.8) is 0 Å². The Bertz CT molecular complexity index is 1440. The number of nitrogen functional groups attached to an aromatic ring is 1. The Kier molecular flexibility index (Phi) is 9.21. The number of hydrogen-bond donors (Lipinski definition) is 3. The lowest BCUT2D eigenvalue weighted by Gasteiger charge is -2.33. The molecule has 1 atom stereocenters. The van der Waals surface area contributed by atoms with E-state index in [4.69, 9.17) is 5.73 Å². The van der Waals surface area contributed by atoms with Crippen LogP contribution in [-0.2, 0) is 4.79 Å². The minimum absolute atomic E-state index is 0.000401. The molecule has 0 unspecified atom stereocenters. The van der Waals surface area contributed by atoms with Gasteiger partial charge in [0.05, 0.1) is 5.69 Å². The number of carbonyl (C=O) groups is 3. The van der Waals surface area contributed by atoms with Gasteiger partial charge in [0.15, 0.2) is 5.69 Å². The Morgan fingerprint density at radius 3 is 2.21 bits per heavy atom. The lowest BCUT2D eigenvalue weighted by atomic mass is 9.95. The molecule has 4 N–H and O–H groups in total. The van der Waals surface area contributed by atoms with Gasteiger partial charge < -0.3 is 16.4 Å². The Hall–Kier alpha value is -3.79. The second-order valence-electron chi connectivity index (χ2n) is 11.4. The lowest BCUT2D eigenvalue weighted by molar-refractivity contribution is -0.123. The molecule has 1 heterocycles. The number of benzene rings is 2. The van der Waals surface area contributed by atoms with E-state index in [1.165, 1.54) is 29.2 Å². The molecule has 2 saturated carbocycles. The minimum Gasteiger partial charge on any atom is -0.395 e. The summed E-state index contributed by atoms with van der Waals surface area (Å²) in [6.45, 7) is 3.82. The highest BCUT2D eigenvalue weighted by atomic mass is 32.1.